The van der Waals surface area contributed by atoms with Crippen molar-refractivity contribution in [3.05, 3.63) is 65.2 Å². The Morgan fingerprint density at radius 1 is 1.06 bits per heavy atom. The number of anilines is 1. The molecule has 0 heterocycles. The summed E-state index contributed by atoms with van der Waals surface area (Å²) in [4.78, 5) is 0. The Morgan fingerprint density at radius 3 is 2.67 bits per heavy atom. The monoisotopic (exact) mass is 241 g/mol. The summed E-state index contributed by atoms with van der Waals surface area (Å²) >= 11 is 0. The third kappa shape index (κ3) is 3.34. The van der Waals surface area contributed by atoms with E-state index in [0.29, 0.717) is 6.61 Å². The van der Waals surface area contributed by atoms with Crippen LogP contribution in [-0.2, 0) is 17.9 Å². The molecule has 0 atom stereocenters. The van der Waals surface area contributed by atoms with E-state index in [1.54, 1.807) is 7.11 Å². The molecule has 0 bridgehead atoms. The summed E-state index contributed by atoms with van der Waals surface area (Å²) in [6.45, 7) is 3.59. The maximum Gasteiger partial charge on any atom is 0.0733 e. The first-order valence-corrected chi connectivity index (χ1v) is 6.16. The van der Waals surface area contributed by atoms with E-state index in [9.17, 15) is 0 Å². The summed E-state index contributed by atoms with van der Waals surface area (Å²) in [7, 11) is 1.72. The smallest absolute Gasteiger partial charge is 0.0733 e. The van der Waals surface area contributed by atoms with E-state index < -0.39 is 0 Å². The van der Waals surface area contributed by atoms with Crippen LogP contribution < -0.4 is 5.32 Å². The van der Waals surface area contributed by atoms with Gasteiger partial charge in [0.25, 0.3) is 0 Å². The molecule has 2 rings (SSSR count). The van der Waals surface area contributed by atoms with Crippen molar-refractivity contribution in [3.8, 4) is 0 Å². The van der Waals surface area contributed by atoms with Crippen molar-refractivity contribution in [1.29, 1.82) is 0 Å². The van der Waals surface area contributed by atoms with Gasteiger partial charge in [-0.2, -0.15) is 0 Å². The van der Waals surface area contributed by atoms with Crippen LogP contribution in [-0.4, -0.2) is 7.11 Å². The minimum absolute atomic E-state index is 0.636. The Labute approximate surface area is 109 Å². The molecule has 94 valence electrons. The lowest BCUT2D eigenvalue weighted by molar-refractivity contribution is 0.185. The van der Waals surface area contributed by atoms with Gasteiger partial charge in [-0.05, 0) is 18.6 Å². The fraction of sp³-hybridized carbons (Fsp3) is 0.250. The van der Waals surface area contributed by atoms with E-state index in [1.807, 2.05) is 12.1 Å². The lowest BCUT2D eigenvalue weighted by atomic mass is 10.1. The molecule has 2 aromatic carbocycles. The number of methoxy groups -OCH3 is 1. The molecule has 0 fully saturated rings. The molecule has 0 aliphatic heterocycles. The van der Waals surface area contributed by atoms with Gasteiger partial charge in [0.05, 0.1) is 6.61 Å². The van der Waals surface area contributed by atoms with Gasteiger partial charge in [0.2, 0.25) is 0 Å². The normalized spacial score (nSPS) is 10.3. The van der Waals surface area contributed by atoms with Gasteiger partial charge < -0.3 is 10.1 Å². The van der Waals surface area contributed by atoms with Crippen LogP contribution >= 0.6 is 0 Å². The molecule has 2 heteroatoms. The van der Waals surface area contributed by atoms with Crippen LogP contribution in [0.15, 0.2) is 48.5 Å². The van der Waals surface area contributed by atoms with Gasteiger partial charge in [0.15, 0.2) is 0 Å². The SMILES string of the molecule is COCc1ccccc1NCc1cccc(C)c1. The lowest BCUT2D eigenvalue weighted by Gasteiger charge is -2.11. The number of benzene rings is 2. The van der Waals surface area contributed by atoms with Crippen molar-refractivity contribution in [1.82, 2.24) is 0 Å². The van der Waals surface area contributed by atoms with E-state index in [-0.39, 0.29) is 0 Å². The van der Waals surface area contributed by atoms with Crippen molar-refractivity contribution in [2.75, 3.05) is 12.4 Å². The molecule has 0 radical (unpaired) electrons. The number of ether oxygens (including phenoxy) is 1. The van der Waals surface area contributed by atoms with Crippen molar-refractivity contribution in [3.63, 3.8) is 0 Å². The van der Waals surface area contributed by atoms with E-state index in [4.69, 9.17) is 4.74 Å². The molecule has 0 aliphatic carbocycles. The Kier molecular flexibility index (Phi) is 4.37. The second-order valence-electron chi connectivity index (χ2n) is 4.43. The maximum absolute atomic E-state index is 5.20. The highest BCUT2D eigenvalue weighted by molar-refractivity contribution is 5.51. The maximum atomic E-state index is 5.20. The second-order valence-corrected chi connectivity index (χ2v) is 4.43. The predicted octanol–water partition coefficient (Wildman–Crippen LogP) is 3.75. The number of aryl methyl sites for hydroxylation is 1. The highest BCUT2D eigenvalue weighted by Crippen LogP contribution is 2.17. The summed E-state index contributed by atoms with van der Waals surface area (Å²) < 4.78 is 5.20. The van der Waals surface area contributed by atoms with Crippen molar-refractivity contribution < 1.29 is 4.74 Å². The molecular weight excluding hydrogens is 222 g/mol. The van der Waals surface area contributed by atoms with Crippen LogP contribution in [0.2, 0.25) is 0 Å². The van der Waals surface area contributed by atoms with Crippen molar-refractivity contribution >= 4 is 5.69 Å². The van der Waals surface area contributed by atoms with Gasteiger partial charge in [0, 0.05) is 24.9 Å². The quantitative estimate of drug-likeness (QED) is 0.860. The number of rotatable bonds is 5. The molecular formula is C16H19NO. The zero-order valence-electron chi connectivity index (χ0n) is 10.9. The first-order valence-electron chi connectivity index (χ1n) is 6.16. The molecule has 0 spiro atoms. The summed E-state index contributed by atoms with van der Waals surface area (Å²) in [5.41, 5.74) is 4.91. The summed E-state index contributed by atoms with van der Waals surface area (Å²) in [5.74, 6) is 0. The molecule has 2 nitrogen and oxygen atoms in total. The van der Waals surface area contributed by atoms with Crippen LogP contribution in [0.5, 0.6) is 0 Å². The molecule has 18 heavy (non-hydrogen) atoms. The minimum Gasteiger partial charge on any atom is -0.381 e. The van der Waals surface area contributed by atoms with Crippen molar-refractivity contribution in [2.45, 2.75) is 20.1 Å². The van der Waals surface area contributed by atoms with Gasteiger partial charge in [0.1, 0.15) is 0 Å². The van der Waals surface area contributed by atoms with Gasteiger partial charge in [-0.15, -0.1) is 0 Å². The van der Waals surface area contributed by atoms with Crippen LogP contribution in [0.4, 0.5) is 5.69 Å². The zero-order valence-corrected chi connectivity index (χ0v) is 10.9. The number of nitrogens with one attached hydrogen (secondary N) is 1. The highest BCUT2D eigenvalue weighted by atomic mass is 16.5. The van der Waals surface area contributed by atoms with Crippen LogP contribution in [0.1, 0.15) is 16.7 Å². The molecule has 2 aromatic rings. The molecule has 0 aliphatic rings. The van der Waals surface area contributed by atoms with Gasteiger partial charge >= 0.3 is 0 Å². The summed E-state index contributed by atoms with van der Waals surface area (Å²) in [5, 5.41) is 3.46. The second kappa shape index (κ2) is 6.22. The average molecular weight is 241 g/mol. The molecule has 0 unspecified atom stereocenters. The topological polar surface area (TPSA) is 21.3 Å². The minimum atomic E-state index is 0.636. The standard InChI is InChI=1S/C16H19NO/c1-13-6-5-7-14(10-13)11-17-16-9-4-3-8-15(16)12-18-2/h3-10,17H,11-12H2,1-2H3. The highest BCUT2D eigenvalue weighted by Gasteiger charge is 2.00. The van der Waals surface area contributed by atoms with Crippen LogP contribution in [0.25, 0.3) is 0 Å². The molecule has 1 N–H and O–H groups in total. The number of para-hydroxylation sites is 1. The largest absolute Gasteiger partial charge is 0.381 e. The van der Waals surface area contributed by atoms with E-state index in [1.165, 1.54) is 16.7 Å². The molecule has 0 aromatic heterocycles. The number of hydrogen-bond acceptors (Lipinski definition) is 2. The lowest BCUT2D eigenvalue weighted by Crippen LogP contribution is -2.03. The van der Waals surface area contributed by atoms with Gasteiger partial charge in [-0.3, -0.25) is 0 Å². The van der Waals surface area contributed by atoms with Gasteiger partial charge in [-0.1, -0.05) is 48.0 Å². The molecule has 0 saturated carbocycles. The Balaban J connectivity index is 2.06. The zero-order chi connectivity index (χ0) is 12.8. The molecule has 0 amide bonds. The first kappa shape index (κ1) is 12.7. The predicted molar refractivity (Wildman–Crippen MR) is 75.7 cm³/mol. The first-order chi connectivity index (χ1) is 8.79. The average Bonchev–Trinajstić information content (AvgIpc) is 2.38. The third-order valence-corrected chi connectivity index (χ3v) is 2.88. The Morgan fingerprint density at radius 2 is 1.89 bits per heavy atom. The fourth-order valence-corrected chi connectivity index (χ4v) is 1.99. The van der Waals surface area contributed by atoms with Crippen LogP contribution in [0.3, 0.4) is 0 Å². The third-order valence-electron chi connectivity index (χ3n) is 2.88. The van der Waals surface area contributed by atoms with E-state index in [2.05, 4.69) is 48.6 Å². The Bertz CT molecular complexity index is 508. The Hall–Kier alpha value is -1.80. The number of hydrogen-bond donors (Lipinski definition) is 1. The summed E-state index contributed by atoms with van der Waals surface area (Å²) in [6, 6.07) is 16.8. The van der Waals surface area contributed by atoms with E-state index >= 15 is 0 Å². The van der Waals surface area contributed by atoms with Crippen LogP contribution in [0, 0.1) is 6.92 Å². The fourth-order valence-electron chi connectivity index (χ4n) is 1.99. The van der Waals surface area contributed by atoms with Crippen molar-refractivity contribution in [2.24, 2.45) is 0 Å². The molecule has 0 saturated heterocycles. The van der Waals surface area contributed by atoms with E-state index in [0.717, 1.165) is 12.2 Å². The van der Waals surface area contributed by atoms with Gasteiger partial charge in [-0.25, -0.2) is 0 Å². The summed E-state index contributed by atoms with van der Waals surface area (Å²) in [6.07, 6.45) is 0.